The number of hydrogen-bond acceptors (Lipinski definition) is 4. The third-order valence-electron chi connectivity index (χ3n) is 3.34. The zero-order valence-corrected chi connectivity index (χ0v) is 11.9. The van der Waals surface area contributed by atoms with Crippen LogP contribution in [0.3, 0.4) is 0 Å². The van der Waals surface area contributed by atoms with Crippen molar-refractivity contribution in [1.82, 2.24) is 9.97 Å². The number of rotatable bonds is 4. The molecular formula is C13H20ClN3O. The first-order valence-electron chi connectivity index (χ1n) is 6.53. The summed E-state index contributed by atoms with van der Waals surface area (Å²) in [4.78, 5) is 8.74. The van der Waals surface area contributed by atoms with Crippen molar-refractivity contribution in [3.8, 4) is 0 Å². The van der Waals surface area contributed by atoms with Gasteiger partial charge in [-0.05, 0) is 26.7 Å². The van der Waals surface area contributed by atoms with Gasteiger partial charge in [-0.25, -0.2) is 9.97 Å². The fourth-order valence-electron chi connectivity index (χ4n) is 2.14. The van der Waals surface area contributed by atoms with Gasteiger partial charge < -0.3 is 10.1 Å². The molecule has 0 bridgehead atoms. The Labute approximate surface area is 113 Å². The lowest BCUT2D eigenvalue weighted by Gasteiger charge is -2.22. The average molecular weight is 270 g/mol. The lowest BCUT2D eigenvalue weighted by Crippen LogP contribution is -2.31. The van der Waals surface area contributed by atoms with Crippen molar-refractivity contribution in [2.75, 3.05) is 11.9 Å². The maximum absolute atomic E-state index is 6.12. The zero-order chi connectivity index (χ0) is 13.1. The van der Waals surface area contributed by atoms with Crippen LogP contribution in [0.5, 0.6) is 0 Å². The first kappa shape index (κ1) is 13.6. The van der Waals surface area contributed by atoms with Crippen LogP contribution in [-0.4, -0.2) is 28.7 Å². The third-order valence-corrected chi connectivity index (χ3v) is 3.70. The van der Waals surface area contributed by atoms with Gasteiger partial charge in [-0.2, -0.15) is 0 Å². The molecule has 0 saturated carbocycles. The van der Waals surface area contributed by atoms with Crippen LogP contribution in [0.4, 0.5) is 5.82 Å². The predicted molar refractivity (Wildman–Crippen MR) is 73.2 cm³/mol. The summed E-state index contributed by atoms with van der Waals surface area (Å²) in [6.07, 6.45) is 3.29. The smallest absolute Gasteiger partial charge is 0.137 e. The number of anilines is 1. The summed E-state index contributed by atoms with van der Waals surface area (Å²) in [7, 11) is 0. The van der Waals surface area contributed by atoms with E-state index in [1.54, 1.807) is 0 Å². The molecule has 2 unspecified atom stereocenters. The number of hydrogen-bond donors (Lipinski definition) is 1. The largest absolute Gasteiger partial charge is 0.376 e. The van der Waals surface area contributed by atoms with Gasteiger partial charge in [0.05, 0.1) is 12.1 Å². The maximum atomic E-state index is 6.12. The van der Waals surface area contributed by atoms with Gasteiger partial charge in [-0.3, -0.25) is 0 Å². The topological polar surface area (TPSA) is 47.0 Å². The molecule has 0 spiro atoms. The van der Waals surface area contributed by atoms with Crippen LogP contribution < -0.4 is 5.32 Å². The molecule has 1 aliphatic heterocycles. The van der Waals surface area contributed by atoms with Crippen LogP contribution in [0.15, 0.2) is 0 Å². The molecule has 0 radical (unpaired) electrons. The van der Waals surface area contributed by atoms with Gasteiger partial charge in [-0.15, -0.1) is 0 Å². The molecule has 4 nitrogen and oxygen atoms in total. The number of aromatic nitrogens is 2. The van der Waals surface area contributed by atoms with E-state index >= 15 is 0 Å². The SMILES string of the molecule is CCc1nc(Cl)c(C)c(NC(C)C2CCCO2)n1. The summed E-state index contributed by atoms with van der Waals surface area (Å²) in [5, 5.41) is 3.94. The average Bonchev–Trinajstić information content (AvgIpc) is 2.88. The molecule has 2 atom stereocenters. The lowest BCUT2D eigenvalue weighted by atomic mass is 10.1. The Morgan fingerprint density at radius 2 is 2.28 bits per heavy atom. The van der Waals surface area contributed by atoms with Crippen LogP contribution in [0.25, 0.3) is 0 Å². The van der Waals surface area contributed by atoms with E-state index in [0.29, 0.717) is 5.15 Å². The second-order valence-electron chi connectivity index (χ2n) is 4.74. The van der Waals surface area contributed by atoms with Crippen LogP contribution in [0.1, 0.15) is 38.1 Å². The van der Waals surface area contributed by atoms with E-state index in [4.69, 9.17) is 16.3 Å². The van der Waals surface area contributed by atoms with E-state index in [1.165, 1.54) is 0 Å². The van der Waals surface area contributed by atoms with Crippen molar-refractivity contribution in [2.24, 2.45) is 0 Å². The van der Waals surface area contributed by atoms with Crippen LogP contribution in [0.2, 0.25) is 5.15 Å². The van der Waals surface area contributed by atoms with Gasteiger partial charge in [0.15, 0.2) is 0 Å². The van der Waals surface area contributed by atoms with Gasteiger partial charge in [0, 0.05) is 18.6 Å². The molecular weight excluding hydrogens is 250 g/mol. The second-order valence-corrected chi connectivity index (χ2v) is 5.10. The summed E-state index contributed by atoms with van der Waals surface area (Å²) in [6.45, 7) is 6.94. The van der Waals surface area contributed by atoms with Crippen molar-refractivity contribution in [3.63, 3.8) is 0 Å². The highest BCUT2D eigenvalue weighted by molar-refractivity contribution is 6.30. The van der Waals surface area contributed by atoms with E-state index in [-0.39, 0.29) is 12.1 Å². The van der Waals surface area contributed by atoms with Crippen molar-refractivity contribution in [2.45, 2.75) is 52.2 Å². The monoisotopic (exact) mass is 269 g/mol. The van der Waals surface area contributed by atoms with Crippen molar-refractivity contribution in [3.05, 3.63) is 16.5 Å². The molecule has 1 aromatic rings. The predicted octanol–water partition coefficient (Wildman–Crippen LogP) is 2.98. The number of halogens is 1. The zero-order valence-electron chi connectivity index (χ0n) is 11.2. The molecule has 2 rings (SSSR count). The second kappa shape index (κ2) is 5.85. The molecule has 1 aromatic heterocycles. The van der Waals surface area contributed by atoms with Gasteiger partial charge in [0.2, 0.25) is 0 Å². The molecule has 1 fully saturated rings. The number of nitrogens with zero attached hydrogens (tertiary/aromatic N) is 2. The highest BCUT2D eigenvalue weighted by Gasteiger charge is 2.23. The fourth-order valence-corrected chi connectivity index (χ4v) is 2.32. The molecule has 1 N–H and O–H groups in total. The minimum absolute atomic E-state index is 0.238. The van der Waals surface area contributed by atoms with E-state index < -0.39 is 0 Å². The highest BCUT2D eigenvalue weighted by atomic mass is 35.5. The summed E-state index contributed by atoms with van der Waals surface area (Å²) in [5.74, 6) is 1.60. The number of nitrogens with one attached hydrogen (secondary N) is 1. The standard InChI is InChI=1S/C13H20ClN3O/c1-4-11-16-12(14)8(2)13(17-11)15-9(3)10-6-5-7-18-10/h9-10H,4-7H2,1-3H3,(H,15,16,17). The molecule has 2 heterocycles. The minimum atomic E-state index is 0.238. The Balaban J connectivity index is 2.14. The maximum Gasteiger partial charge on any atom is 0.137 e. The normalized spacial score (nSPS) is 21.0. The quantitative estimate of drug-likeness (QED) is 0.854. The summed E-state index contributed by atoms with van der Waals surface area (Å²) in [5.41, 5.74) is 0.902. The van der Waals surface area contributed by atoms with Crippen LogP contribution in [0, 0.1) is 6.92 Å². The summed E-state index contributed by atoms with van der Waals surface area (Å²) < 4.78 is 5.67. The first-order valence-corrected chi connectivity index (χ1v) is 6.90. The minimum Gasteiger partial charge on any atom is -0.376 e. The van der Waals surface area contributed by atoms with Gasteiger partial charge in [0.1, 0.15) is 16.8 Å². The van der Waals surface area contributed by atoms with E-state index in [9.17, 15) is 0 Å². The Morgan fingerprint density at radius 1 is 1.50 bits per heavy atom. The van der Waals surface area contributed by atoms with Crippen molar-refractivity contribution in [1.29, 1.82) is 0 Å². The molecule has 0 aromatic carbocycles. The molecule has 100 valence electrons. The number of aryl methyl sites for hydroxylation is 1. The molecule has 1 aliphatic rings. The Kier molecular flexibility index (Phi) is 4.40. The van der Waals surface area contributed by atoms with Crippen molar-refractivity contribution < 1.29 is 4.74 Å². The molecule has 1 saturated heterocycles. The Bertz CT molecular complexity index is 419. The summed E-state index contributed by atoms with van der Waals surface area (Å²) in [6, 6.07) is 0.238. The molecule has 0 amide bonds. The summed E-state index contributed by atoms with van der Waals surface area (Å²) >= 11 is 6.12. The van der Waals surface area contributed by atoms with Gasteiger partial charge in [-0.1, -0.05) is 18.5 Å². The third kappa shape index (κ3) is 2.93. The highest BCUT2D eigenvalue weighted by Crippen LogP contribution is 2.23. The van der Waals surface area contributed by atoms with Gasteiger partial charge in [0.25, 0.3) is 0 Å². The van der Waals surface area contributed by atoms with E-state index in [1.807, 2.05) is 13.8 Å². The Hall–Kier alpha value is -0.870. The van der Waals surface area contributed by atoms with Crippen molar-refractivity contribution >= 4 is 17.4 Å². The molecule has 18 heavy (non-hydrogen) atoms. The fraction of sp³-hybridized carbons (Fsp3) is 0.692. The van der Waals surface area contributed by atoms with E-state index in [2.05, 4.69) is 22.2 Å². The molecule has 5 heteroatoms. The van der Waals surface area contributed by atoms with Crippen LogP contribution in [-0.2, 0) is 11.2 Å². The Morgan fingerprint density at radius 3 is 2.89 bits per heavy atom. The molecule has 0 aliphatic carbocycles. The lowest BCUT2D eigenvalue weighted by molar-refractivity contribution is 0.0995. The van der Waals surface area contributed by atoms with Gasteiger partial charge >= 0.3 is 0 Å². The first-order chi connectivity index (χ1) is 8.61. The van der Waals surface area contributed by atoms with E-state index in [0.717, 1.165) is 43.1 Å². The van der Waals surface area contributed by atoms with Crippen LogP contribution >= 0.6 is 11.6 Å². The number of ether oxygens (including phenoxy) is 1.